The molecule has 7 aromatic carbocycles. The van der Waals surface area contributed by atoms with E-state index in [9.17, 15) is 0 Å². The van der Waals surface area contributed by atoms with Crippen LogP contribution >= 0.6 is 0 Å². The van der Waals surface area contributed by atoms with Gasteiger partial charge in [-0.3, -0.25) is 0 Å². The summed E-state index contributed by atoms with van der Waals surface area (Å²) in [4.78, 5) is 7.45. The van der Waals surface area contributed by atoms with Gasteiger partial charge in [-0.05, 0) is 135 Å². The molecule has 0 radical (unpaired) electrons. The predicted octanol–water partition coefficient (Wildman–Crippen LogP) is 13.4. The molecule has 0 atom stereocenters. The number of nitrogens with zero attached hydrogens (tertiary/aromatic N) is 3. The van der Waals surface area contributed by atoms with Crippen molar-refractivity contribution in [3.63, 3.8) is 0 Å². The lowest BCUT2D eigenvalue weighted by Gasteiger charge is -2.44. The SMILES string of the molecule is Cc1ccccc1N(c1ccc(C(C)(C)C)cc1)c1ccc2c(c1)N(c1ccccc1)c1cccc3c1B2c1cc(C(C)(C)C)ccc1N3c1ccc(C(C)(C)C)cc1. The topological polar surface area (TPSA) is 9.72 Å². The van der Waals surface area contributed by atoms with E-state index in [0.29, 0.717) is 0 Å². The van der Waals surface area contributed by atoms with Crippen molar-refractivity contribution in [3.8, 4) is 0 Å². The van der Waals surface area contributed by atoms with Crippen LogP contribution in [0.5, 0.6) is 0 Å². The molecule has 0 aromatic heterocycles. The van der Waals surface area contributed by atoms with Crippen LogP contribution in [0.4, 0.5) is 51.2 Å². The maximum absolute atomic E-state index is 2.51. The second kappa shape index (κ2) is 14.1. The van der Waals surface area contributed by atoms with Crippen molar-refractivity contribution in [2.75, 3.05) is 14.7 Å². The van der Waals surface area contributed by atoms with Crippen molar-refractivity contribution in [1.82, 2.24) is 0 Å². The highest BCUT2D eigenvalue weighted by Crippen LogP contribution is 2.47. The maximum Gasteiger partial charge on any atom is 0.252 e. The summed E-state index contributed by atoms with van der Waals surface area (Å²) >= 11 is 0. The number of hydrogen-bond donors (Lipinski definition) is 0. The smallest absolute Gasteiger partial charge is 0.252 e. The third kappa shape index (κ3) is 6.73. The first-order valence-corrected chi connectivity index (χ1v) is 21.2. The van der Waals surface area contributed by atoms with E-state index >= 15 is 0 Å². The predicted molar refractivity (Wildman–Crippen MR) is 256 cm³/mol. The molecule has 0 saturated carbocycles. The fourth-order valence-electron chi connectivity index (χ4n) is 9.13. The molecule has 0 N–H and O–H groups in total. The van der Waals surface area contributed by atoms with Crippen molar-refractivity contribution in [3.05, 3.63) is 180 Å². The van der Waals surface area contributed by atoms with Gasteiger partial charge < -0.3 is 14.7 Å². The molecule has 3 nitrogen and oxygen atoms in total. The largest absolute Gasteiger partial charge is 0.311 e. The lowest BCUT2D eigenvalue weighted by atomic mass is 9.33. The molecule has 59 heavy (non-hydrogen) atoms. The molecule has 0 saturated heterocycles. The molecule has 0 amide bonds. The summed E-state index contributed by atoms with van der Waals surface area (Å²) in [6.45, 7) is 22.9. The summed E-state index contributed by atoms with van der Waals surface area (Å²) in [5, 5.41) is 0. The molecule has 9 rings (SSSR count). The van der Waals surface area contributed by atoms with Crippen LogP contribution in [0.25, 0.3) is 0 Å². The van der Waals surface area contributed by atoms with Crippen LogP contribution in [-0.4, -0.2) is 6.71 Å². The van der Waals surface area contributed by atoms with E-state index < -0.39 is 0 Å². The number of benzene rings is 7. The van der Waals surface area contributed by atoms with Gasteiger partial charge in [0.15, 0.2) is 0 Å². The molecule has 2 heterocycles. The van der Waals surface area contributed by atoms with Gasteiger partial charge in [0.25, 0.3) is 6.71 Å². The van der Waals surface area contributed by atoms with Crippen LogP contribution in [0.15, 0.2) is 158 Å². The summed E-state index contributed by atoms with van der Waals surface area (Å²) in [5.74, 6) is 0. The quantitative estimate of drug-likeness (QED) is 0.161. The molecule has 0 unspecified atom stereocenters. The standard InChI is InChI=1S/C55H56BN3/c1-37-17-14-15-20-47(37)57(42-28-23-38(24-29-42)53(2,3)4)44-32-33-45-51(36-44)59(41-18-12-11-13-19-41)50-22-16-21-49-52(50)56(45)46-35-40(55(8,9)10)27-34-48(46)58(49)43-30-25-39(26-31-43)54(5,6)7/h11-36H,1-10H3. The molecule has 0 spiro atoms. The average molecular weight is 770 g/mol. The molecule has 7 aromatic rings. The van der Waals surface area contributed by atoms with Gasteiger partial charge in [-0.15, -0.1) is 0 Å². The molecule has 2 aliphatic rings. The van der Waals surface area contributed by atoms with E-state index in [1.54, 1.807) is 0 Å². The van der Waals surface area contributed by atoms with E-state index in [2.05, 4.69) is 242 Å². The molecule has 0 bridgehead atoms. The Bertz CT molecular complexity index is 2680. The Balaban J connectivity index is 1.30. The van der Waals surface area contributed by atoms with E-state index in [0.717, 1.165) is 17.1 Å². The zero-order valence-electron chi connectivity index (χ0n) is 36.4. The van der Waals surface area contributed by atoms with Crippen LogP contribution in [0, 0.1) is 6.92 Å². The number of fused-ring (bicyclic) bond motifs is 4. The Kier molecular flexibility index (Phi) is 9.20. The Labute approximate surface area is 353 Å². The Morgan fingerprint density at radius 2 is 0.932 bits per heavy atom. The van der Waals surface area contributed by atoms with Crippen LogP contribution in [0.3, 0.4) is 0 Å². The monoisotopic (exact) mass is 769 g/mol. The number of rotatable bonds is 5. The lowest BCUT2D eigenvalue weighted by Crippen LogP contribution is -2.61. The minimum Gasteiger partial charge on any atom is -0.311 e. The summed E-state index contributed by atoms with van der Waals surface area (Å²) in [5.41, 5.74) is 20.0. The minimum absolute atomic E-state index is 0.0119. The zero-order valence-corrected chi connectivity index (χ0v) is 36.4. The summed E-state index contributed by atoms with van der Waals surface area (Å²) in [6, 6.07) is 59.4. The normalized spacial score (nSPS) is 13.5. The van der Waals surface area contributed by atoms with Crippen LogP contribution in [0.2, 0.25) is 0 Å². The summed E-state index contributed by atoms with van der Waals surface area (Å²) in [6.07, 6.45) is 0. The van der Waals surface area contributed by atoms with Gasteiger partial charge in [0.2, 0.25) is 0 Å². The van der Waals surface area contributed by atoms with Crippen LogP contribution < -0.4 is 31.1 Å². The van der Waals surface area contributed by atoms with Gasteiger partial charge >= 0.3 is 0 Å². The fourth-order valence-corrected chi connectivity index (χ4v) is 9.13. The highest BCUT2D eigenvalue weighted by Gasteiger charge is 2.44. The third-order valence-electron chi connectivity index (χ3n) is 12.5. The van der Waals surface area contributed by atoms with Crippen molar-refractivity contribution in [2.45, 2.75) is 85.5 Å². The average Bonchev–Trinajstić information content (AvgIpc) is 3.21. The highest BCUT2D eigenvalue weighted by molar-refractivity contribution is 7.00. The molecule has 4 heteroatoms. The van der Waals surface area contributed by atoms with Crippen molar-refractivity contribution in [2.24, 2.45) is 0 Å². The molecular formula is C55H56BN3. The van der Waals surface area contributed by atoms with Crippen molar-refractivity contribution in [1.29, 1.82) is 0 Å². The first-order valence-electron chi connectivity index (χ1n) is 21.2. The fraction of sp³-hybridized carbons (Fsp3) is 0.236. The summed E-state index contributed by atoms with van der Waals surface area (Å²) in [7, 11) is 0. The van der Waals surface area contributed by atoms with E-state index in [1.807, 2.05) is 0 Å². The maximum atomic E-state index is 2.51. The number of para-hydroxylation sites is 2. The Hall–Kier alpha value is -6.00. The van der Waals surface area contributed by atoms with Gasteiger partial charge in [-0.2, -0.15) is 0 Å². The molecule has 0 fully saturated rings. The molecule has 294 valence electrons. The van der Waals surface area contributed by atoms with Gasteiger partial charge in [0.05, 0.1) is 0 Å². The zero-order chi connectivity index (χ0) is 41.4. The van der Waals surface area contributed by atoms with Gasteiger partial charge in [-0.1, -0.05) is 147 Å². The third-order valence-corrected chi connectivity index (χ3v) is 12.5. The molecular weight excluding hydrogens is 713 g/mol. The van der Waals surface area contributed by atoms with E-state index in [1.165, 1.54) is 72.8 Å². The first kappa shape index (κ1) is 38.5. The number of hydrogen-bond acceptors (Lipinski definition) is 3. The second-order valence-electron chi connectivity index (χ2n) is 19.6. The van der Waals surface area contributed by atoms with Crippen LogP contribution in [0.1, 0.15) is 84.6 Å². The van der Waals surface area contributed by atoms with Crippen molar-refractivity contribution < 1.29 is 0 Å². The van der Waals surface area contributed by atoms with E-state index in [-0.39, 0.29) is 23.0 Å². The lowest BCUT2D eigenvalue weighted by molar-refractivity contribution is 0.590. The van der Waals surface area contributed by atoms with Gasteiger partial charge in [0.1, 0.15) is 0 Å². The minimum atomic E-state index is -0.0119. The summed E-state index contributed by atoms with van der Waals surface area (Å²) < 4.78 is 0. The Morgan fingerprint density at radius 3 is 1.54 bits per heavy atom. The van der Waals surface area contributed by atoms with E-state index in [4.69, 9.17) is 0 Å². The highest BCUT2D eigenvalue weighted by atomic mass is 15.2. The van der Waals surface area contributed by atoms with Gasteiger partial charge in [-0.25, -0.2) is 0 Å². The second-order valence-corrected chi connectivity index (χ2v) is 19.6. The van der Waals surface area contributed by atoms with Gasteiger partial charge in [0, 0.05) is 51.2 Å². The molecule has 2 aliphatic heterocycles. The van der Waals surface area contributed by atoms with Crippen molar-refractivity contribution >= 4 is 74.3 Å². The molecule has 0 aliphatic carbocycles. The number of aryl methyl sites for hydroxylation is 1. The Morgan fingerprint density at radius 1 is 0.407 bits per heavy atom. The number of anilines is 9. The van der Waals surface area contributed by atoms with Crippen LogP contribution in [-0.2, 0) is 16.2 Å². The first-order chi connectivity index (χ1) is 28.1.